The third kappa shape index (κ3) is 5.71. The van der Waals surface area contributed by atoms with Gasteiger partial charge in [0.15, 0.2) is 5.78 Å². The van der Waals surface area contributed by atoms with Crippen molar-refractivity contribution in [3.8, 4) is 0 Å². The van der Waals surface area contributed by atoms with Crippen LogP contribution in [-0.2, 0) is 21.6 Å². The van der Waals surface area contributed by atoms with Gasteiger partial charge in [0.05, 0.1) is 19.3 Å². The lowest BCUT2D eigenvalue weighted by atomic mass is 9.71. The van der Waals surface area contributed by atoms with Crippen LogP contribution in [0.3, 0.4) is 0 Å². The molecule has 2 atom stereocenters. The fourth-order valence-corrected chi connectivity index (χ4v) is 4.01. The van der Waals surface area contributed by atoms with E-state index >= 15 is 0 Å². The van der Waals surface area contributed by atoms with Crippen LogP contribution < -0.4 is 16.4 Å². The molecule has 6 heteroatoms. The van der Waals surface area contributed by atoms with E-state index in [-0.39, 0.29) is 36.4 Å². The fraction of sp³-hybridized carbons (Fsp3) is 0.440. The van der Waals surface area contributed by atoms with Gasteiger partial charge in [-0.1, -0.05) is 68.4 Å². The van der Waals surface area contributed by atoms with Crippen LogP contribution in [-0.4, -0.2) is 30.5 Å². The first-order chi connectivity index (χ1) is 14.7. The van der Waals surface area contributed by atoms with Crippen LogP contribution in [0.15, 0.2) is 54.6 Å². The monoisotopic (exact) mass is 423 g/mol. The van der Waals surface area contributed by atoms with Crippen molar-refractivity contribution in [1.29, 1.82) is 0 Å². The van der Waals surface area contributed by atoms with Crippen LogP contribution in [0, 0.1) is 0 Å². The summed E-state index contributed by atoms with van der Waals surface area (Å²) >= 11 is 0. The van der Waals surface area contributed by atoms with Crippen molar-refractivity contribution in [2.75, 3.05) is 13.2 Å². The van der Waals surface area contributed by atoms with Crippen LogP contribution in [0.5, 0.6) is 0 Å². The van der Waals surface area contributed by atoms with E-state index in [9.17, 15) is 9.59 Å². The molecule has 4 N–H and O–H groups in total. The Balaban J connectivity index is 1.56. The molecule has 166 valence electrons. The SMILES string of the molecule is CC(=O)[C@@](N)(CNC(=O)NC1CCC(C)(C)c2ccccc21)COCc1ccccc1. The van der Waals surface area contributed by atoms with Crippen molar-refractivity contribution in [2.24, 2.45) is 5.73 Å². The highest BCUT2D eigenvalue weighted by Crippen LogP contribution is 2.41. The van der Waals surface area contributed by atoms with Gasteiger partial charge in [0.25, 0.3) is 0 Å². The minimum atomic E-state index is -1.28. The second-order valence-corrected chi connectivity index (χ2v) is 9.08. The summed E-state index contributed by atoms with van der Waals surface area (Å²) in [7, 11) is 0. The Kier molecular flexibility index (Phi) is 7.13. The lowest BCUT2D eigenvalue weighted by Crippen LogP contribution is -2.59. The minimum absolute atomic E-state index is 0.00279. The highest BCUT2D eigenvalue weighted by molar-refractivity contribution is 5.87. The van der Waals surface area contributed by atoms with Crippen LogP contribution >= 0.6 is 0 Å². The van der Waals surface area contributed by atoms with Crippen molar-refractivity contribution in [2.45, 2.75) is 57.2 Å². The summed E-state index contributed by atoms with van der Waals surface area (Å²) in [5, 5.41) is 5.82. The van der Waals surface area contributed by atoms with Gasteiger partial charge in [-0.15, -0.1) is 0 Å². The highest BCUT2D eigenvalue weighted by Gasteiger charge is 2.34. The van der Waals surface area contributed by atoms with Crippen LogP contribution in [0.2, 0.25) is 0 Å². The Morgan fingerprint density at radius 2 is 1.81 bits per heavy atom. The Hall–Kier alpha value is -2.70. The van der Waals surface area contributed by atoms with E-state index in [1.54, 1.807) is 0 Å². The molecular weight excluding hydrogens is 390 g/mol. The van der Waals surface area contributed by atoms with Crippen molar-refractivity contribution < 1.29 is 14.3 Å². The predicted octanol–water partition coefficient (Wildman–Crippen LogP) is 3.60. The summed E-state index contributed by atoms with van der Waals surface area (Å²) in [6, 6.07) is 17.5. The molecule has 31 heavy (non-hydrogen) atoms. The molecule has 2 aromatic carbocycles. The van der Waals surface area contributed by atoms with Crippen LogP contribution in [0.25, 0.3) is 0 Å². The zero-order chi connectivity index (χ0) is 22.5. The van der Waals surface area contributed by atoms with Gasteiger partial charge in [0.2, 0.25) is 0 Å². The molecule has 1 unspecified atom stereocenters. The zero-order valence-corrected chi connectivity index (χ0v) is 18.6. The van der Waals surface area contributed by atoms with E-state index in [0.29, 0.717) is 6.61 Å². The average molecular weight is 424 g/mol. The summed E-state index contributed by atoms with van der Waals surface area (Å²) in [6.07, 6.45) is 1.84. The number of ether oxygens (including phenoxy) is 1. The summed E-state index contributed by atoms with van der Waals surface area (Å²) in [5.41, 5.74) is 8.49. The number of carbonyl (C=O) groups is 2. The number of urea groups is 1. The van der Waals surface area contributed by atoms with E-state index in [1.807, 2.05) is 42.5 Å². The Morgan fingerprint density at radius 1 is 1.13 bits per heavy atom. The summed E-state index contributed by atoms with van der Waals surface area (Å²) in [6.45, 7) is 6.26. The average Bonchev–Trinajstić information content (AvgIpc) is 2.75. The number of rotatable bonds is 8. The number of ketones is 1. The first-order valence-corrected chi connectivity index (χ1v) is 10.8. The van der Waals surface area contributed by atoms with Gasteiger partial charge in [-0.2, -0.15) is 0 Å². The standard InChI is InChI=1S/C25H33N3O3/c1-18(29)25(26,17-31-15-19-9-5-4-6-10-19)16-27-23(30)28-22-13-14-24(2,3)21-12-8-7-11-20(21)22/h4-12,22H,13-17,26H2,1-3H3,(H2,27,28,30)/t22?,25-/m1/s1. The second kappa shape index (κ2) is 9.62. The first-order valence-electron chi connectivity index (χ1n) is 10.8. The number of benzene rings is 2. The van der Waals surface area contributed by atoms with Crippen molar-refractivity contribution in [3.63, 3.8) is 0 Å². The zero-order valence-electron chi connectivity index (χ0n) is 18.6. The Morgan fingerprint density at radius 3 is 2.52 bits per heavy atom. The van der Waals surface area contributed by atoms with Gasteiger partial charge in [0.1, 0.15) is 5.54 Å². The normalized spacial score (nSPS) is 19.0. The molecule has 0 aliphatic heterocycles. The number of nitrogens with one attached hydrogen (secondary N) is 2. The van der Waals surface area contributed by atoms with Crippen molar-refractivity contribution in [3.05, 3.63) is 71.3 Å². The molecule has 2 amide bonds. The molecule has 3 rings (SSSR count). The molecule has 6 nitrogen and oxygen atoms in total. The molecule has 0 heterocycles. The molecule has 0 fully saturated rings. The fourth-order valence-electron chi connectivity index (χ4n) is 4.01. The maximum atomic E-state index is 12.6. The minimum Gasteiger partial charge on any atom is -0.374 e. The van der Waals surface area contributed by atoms with Gasteiger partial charge in [0, 0.05) is 6.54 Å². The summed E-state index contributed by atoms with van der Waals surface area (Å²) in [4.78, 5) is 24.8. The third-order valence-electron chi connectivity index (χ3n) is 6.17. The largest absolute Gasteiger partial charge is 0.374 e. The van der Waals surface area contributed by atoms with Crippen molar-refractivity contribution in [1.82, 2.24) is 10.6 Å². The predicted molar refractivity (Wildman–Crippen MR) is 122 cm³/mol. The molecule has 1 aliphatic carbocycles. The number of Topliss-reactive ketones (excluding diaryl/α,β-unsaturated/α-hetero) is 1. The summed E-state index contributed by atoms with van der Waals surface area (Å²) < 4.78 is 5.68. The number of hydrogen-bond acceptors (Lipinski definition) is 4. The summed E-state index contributed by atoms with van der Waals surface area (Å²) in [5.74, 6) is -0.231. The van der Waals surface area contributed by atoms with Crippen LogP contribution in [0.1, 0.15) is 56.3 Å². The van der Waals surface area contributed by atoms with Gasteiger partial charge < -0.3 is 21.1 Å². The molecule has 0 spiro atoms. The molecular formula is C25H33N3O3. The number of nitrogens with two attached hydrogens (primary N) is 1. The topological polar surface area (TPSA) is 93.5 Å². The first kappa shape index (κ1) is 23.0. The quantitative estimate of drug-likeness (QED) is 0.605. The second-order valence-electron chi connectivity index (χ2n) is 9.08. The molecule has 2 aromatic rings. The van der Waals surface area contributed by atoms with Crippen molar-refractivity contribution >= 4 is 11.8 Å². The van der Waals surface area contributed by atoms with Gasteiger partial charge in [-0.05, 0) is 41.9 Å². The van der Waals surface area contributed by atoms with Crippen LogP contribution in [0.4, 0.5) is 4.79 Å². The van der Waals surface area contributed by atoms with E-state index in [1.165, 1.54) is 12.5 Å². The highest BCUT2D eigenvalue weighted by atomic mass is 16.5. The number of carbonyl (C=O) groups excluding carboxylic acids is 2. The van der Waals surface area contributed by atoms with E-state index in [2.05, 4.69) is 36.6 Å². The molecule has 1 aliphatic rings. The smallest absolute Gasteiger partial charge is 0.315 e. The third-order valence-corrected chi connectivity index (χ3v) is 6.17. The lowest BCUT2D eigenvalue weighted by molar-refractivity contribution is -0.124. The number of fused-ring (bicyclic) bond motifs is 1. The number of amides is 2. The maximum absolute atomic E-state index is 12.6. The molecule has 0 radical (unpaired) electrons. The molecule has 0 saturated carbocycles. The molecule has 0 aromatic heterocycles. The molecule has 0 bridgehead atoms. The molecule has 0 saturated heterocycles. The lowest BCUT2D eigenvalue weighted by Gasteiger charge is -2.37. The number of hydrogen-bond donors (Lipinski definition) is 3. The van der Waals surface area contributed by atoms with E-state index in [0.717, 1.165) is 24.0 Å². The van der Waals surface area contributed by atoms with E-state index in [4.69, 9.17) is 10.5 Å². The van der Waals surface area contributed by atoms with Gasteiger partial charge in [-0.25, -0.2) is 4.79 Å². The van der Waals surface area contributed by atoms with E-state index < -0.39 is 5.54 Å². The maximum Gasteiger partial charge on any atom is 0.315 e. The Labute approximate surface area is 184 Å². The van der Waals surface area contributed by atoms with Gasteiger partial charge in [-0.3, -0.25) is 4.79 Å². The van der Waals surface area contributed by atoms with Gasteiger partial charge >= 0.3 is 6.03 Å². The Bertz CT molecular complexity index is 913.